The van der Waals surface area contributed by atoms with Gasteiger partial charge in [-0.25, -0.2) is 0 Å². The van der Waals surface area contributed by atoms with Gasteiger partial charge in [-0.2, -0.15) is 0 Å². The van der Waals surface area contributed by atoms with Gasteiger partial charge in [-0.1, -0.05) is 6.92 Å². The summed E-state index contributed by atoms with van der Waals surface area (Å²) in [5.41, 5.74) is 5.38. The van der Waals surface area contributed by atoms with Gasteiger partial charge >= 0.3 is 0 Å². The van der Waals surface area contributed by atoms with E-state index in [0.29, 0.717) is 19.0 Å². The molecule has 1 heterocycles. The minimum Gasteiger partial charge on any atom is -0.340 e. The second-order valence-corrected chi connectivity index (χ2v) is 4.21. The van der Waals surface area contributed by atoms with E-state index in [2.05, 4.69) is 18.7 Å². The fourth-order valence-corrected chi connectivity index (χ4v) is 1.95. The highest BCUT2D eigenvalue weighted by Gasteiger charge is 2.22. The molecule has 0 aromatic rings. The lowest BCUT2D eigenvalue weighted by Crippen LogP contribution is -2.51. The molecule has 0 aliphatic carbocycles. The second-order valence-electron chi connectivity index (χ2n) is 4.21. The van der Waals surface area contributed by atoms with Crippen molar-refractivity contribution >= 4 is 5.91 Å². The van der Waals surface area contributed by atoms with Crippen LogP contribution in [0.2, 0.25) is 0 Å². The fraction of sp³-hybridized carbons (Fsp3) is 0.909. The second kappa shape index (κ2) is 6.08. The largest absolute Gasteiger partial charge is 0.340 e. The molecule has 1 rings (SSSR count). The van der Waals surface area contributed by atoms with Crippen LogP contribution in [0.15, 0.2) is 0 Å². The highest BCUT2D eigenvalue weighted by molar-refractivity contribution is 5.76. The molecule has 2 N–H and O–H groups in total. The molecule has 4 heteroatoms. The van der Waals surface area contributed by atoms with E-state index in [1.54, 1.807) is 0 Å². The van der Waals surface area contributed by atoms with Crippen LogP contribution in [0.4, 0.5) is 0 Å². The Bertz CT molecular complexity index is 200. The maximum atomic E-state index is 11.6. The molecule has 1 saturated heterocycles. The molecule has 1 amide bonds. The van der Waals surface area contributed by atoms with Crippen molar-refractivity contribution in [3.63, 3.8) is 0 Å². The Hall–Kier alpha value is -0.610. The van der Waals surface area contributed by atoms with E-state index < -0.39 is 0 Å². The van der Waals surface area contributed by atoms with Crippen LogP contribution < -0.4 is 5.73 Å². The standard InChI is InChI=1S/C11H23N3O/c1-3-10(2)13-6-8-14(9-7-13)11(15)4-5-12/h10H,3-9,12H2,1-2H3. The first-order valence-electron chi connectivity index (χ1n) is 5.91. The van der Waals surface area contributed by atoms with Gasteiger partial charge in [0.25, 0.3) is 0 Å². The van der Waals surface area contributed by atoms with Crippen molar-refractivity contribution in [1.82, 2.24) is 9.80 Å². The van der Waals surface area contributed by atoms with Crippen LogP contribution in [0, 0.1) is 0 Å². The predicted molar refractivity (Wildman–Crippen MR) is 61.6 cm³/mol. The van der Waals surface area contributed by atoms with Gasteiger partial charge in [-0.15, -0.1) is 0 Å². The SMILES string of the molecule is CCC(C)N1CCN(C(=O)CCN)CC1. The Labute approximate surface area is 92.4 Å². The number of rotatable bonds is 4. The first-order chi connectivity index (χ1) is 7.19. The lowest BCUT2D eigenvalue weighted by Gasteiger charge is -2.37. The Morgan fingerprint density at radius 2 is 1.93 bits per heavy atom. The first kappa shape index (κ1) is 12.5. The summed E-state index contributed by atoms with van der Waals surface area (Å²) < 4.78 is 0. The Balaban J connectivity index is 2.32. The summed E-state index contributed by atoms with van der Waals surface area (Å²) in [6, 6.07) is 0.636. The quantitative estimate of drug-likeness (QED) is 0.729. The molecule has 1 aliphatic rings. The van der Waals surface area contributed by atoms with Crippen LogP contribution in [0.3, 0.4) is 0 Å². The summed E-state index contributed by atoms with van der Waals surface area (Å²) in [5.74, 6) is 0.210. The molecule has 0 spiro atoms. The molecule has 1 atom stereocenters. The lowest BCUT2D eigenvalue weighted by atomic mass is 10.2. The van der Waals surface area contributed by atoms with Gasteiger partial charge in [0.05, 0.1) is 0 Å². The van der Waals surface area contributed by atoms with Crippen molar-refractivity contribution in [3.05, 3.63) is 0 Å². The summed E-state index contributed by atoms with van der Waals surface area (Å²) in [6.07, 6.45) is 1.67. The molecule has 4 nitrogen and oxygen atoms in total. The summed E-state index contributed by atoms with van der Waals surface area (Å²) in [4.78, 5) is 16.0. The molecular weight excluding hydrogens is 190 g/mol. The molecule has 0 aromatic carbocycles. The average Bonchev–Trinajstić information content (AvgIpc) is 2.28. The van der Waals surface area contributed by atoms with Crippen LogP contribution >= 0.6 is 0 Å². The van der Waals surface area contributed by atoms with Crippen molar-refractivity contribution in [2.75, 3.05) is 32.7 Å². The lowest BCUT2D eigenvalue weighted by molar-refractivity contribution is -0.133. The first-order valence-corrected chi connectivity index (χ1v) is 5.91. The molecule has 0 bridgehead atoms. The molecule has 0 saturated carbocycles. The number of carbonyl (C=O) groups excluding carboxylic acids is 1. The van der Waals surface area contributed by atoms with E-state index in [1.165, 1.54) is 6.42 Å². The number of amides is 1. The molecular formula is C11H23N3O. The van der Waals surface area contributed by atoms with E-state index >= 15 is 0 Å². The van der Waals surface area contributed by atoms with E-state index in [-0.39, 0.29) is 5.91 Å². The molecule has 15 heavy (non-hydrogen) atoms. The number of piperazine rings is 1. The molecule has 0 aromatic heterocycles. The highest BCUT2D eigenvalue weighted by atomic mass is 16.2. The number of hydrogen-bond donors (Lipinski definition) is 1. The van der Waals surface area contributed by atoms with Gasteiger partial charge in [-0.3, -0.25) is 9.69 Å². The van der Waals surface area contributed by atoms with Gasteiger partial charge in [0.15, 0.2) is 0 Å². The number of carbonyl (C=O) groups is 1. The maximum Gasteiger partial charge on any atom is 0.223 e. The third kappa shape index (κ3) is 3.47. The van der Waals surface area contributed by atoms with Gasteiger partial charge in [-0.05, 0) is 13.3 Å². The van der Waals surface area contributed by atoms with E-state index in [0.717, 1.165) is 26.2 Å². The monoisotopic (exact) mass is 213 g/mol. The van der Waals surface area contributed by atoms with Crippen LogP contribution in [0.5, 0.6) is 0 Å². The van der Waals surface area contributed by atoms with Crippen molar-refractivity contribution in [2.45, 2.75) is 32.7 Å². The van der Waals surface area contributed by atoms with Crippen molar-refractivity contribution in [1.29, 1.82) is 0 Å². The third-order valence-electron chi connectivity index (χ3n) is 3.24. The highest BCUT2D eigenvalue weighted by Crippen LogP contribution is 2.09. The topological polar surface area (TPSA) is 49.6 Å². The molecule has 1 aliphatic heterocycles. The number of nitrogens with two attached hydrogens (primary N) is 1. The molecule has 1 fully saturated rings. The van der Waals surface area contributed by atoms with Crippen LogP contribution in [-0.2, 0) is 4.79 Å². The zero-order chi connectivity index (χ0) is 11.3. The summed E-state index contributed by atoms with van der Waals surface area (Å²) >= 11 is 0. The average molecular weight is 213 g/mol. The van der Waals surface area contributed by atoms with Crippen LogP contribution in [-0.4, -0.2) is 54.5 Å². The zero-order valence-electron chi connectivity index (χ0n) is 9.91. The zero-order valence-corrected chi connectivity index (χ0v) is 9.91. The number of nitrogens with zero attached hydrogens (tertiary/aromatic N) is 2. The Morgan fingerprint density at radius 3 is 2.40 bits per heavy atom. The van der Waals surface area contributed by atoms with Crippen molar-refractivity contribution in [3.8, 4) is 0 Å². The fourth-order valence-electron chi connectivity index (χ4n) is 1.95. The van der Waals surface area contributed by atoms with E-state index in [9.17, 15) is 4.79 Å². The van der Waals surface area contributed by atoms with Gasteiger partial charge < -0.3 is 10.6 Å². The minimum atomic E-state index is 0.210. The summed E-state index contributed by atoms with van der Waals surface area (Å²) in [5, 5.41) is 0. The van der Waals surface area contributed by atoms with Gasteiger partial charge in [0.2, 0.25) is 5.91 Å². The Kier molecular flexibility index (Phi) is 5.05. The molecule has 0 radical (unpaired) electrons. The van der Waals surface area contributed by atoms with Crippen molar-refractivity contribution in [2.24, 2.45) is 5.73 Å². The molecule has 1 unspecified atom stereocenters. The predicted octanol–water partition coefficient (Wildman–Crippen LogP) is 0.278. The van der Waals surface area contributed by atoms with E-state index in [4.69, 9.17) is 5.73 Å². The summed E-state index contributed by atoms with van der Waals surface area (Å²) in [6.45, 7) is 8.65. The van der Waals surface area contributed by atoms with Gasteiger partial charge in [0, 0.05) is 45.2 Å². The van der Waals surface area contributed by atoms with Crippen LogP contribution in [0.1, 0.15) is 26.7 Å². The maximum absolute atomic E-state index is 11.6. The summed E-state index contributed by atoms with van der Waals surface area (Å²) in [7, 11) is 0. The van der Waals surface area contributed by atoms with Crippen molar-refractivity contribution < 1.29 is 4.79 Å². The van der Waals surface area contributed by atoms with E-state index in [1.807, 2.05) is 4.90 Å². The molecule has 88 valence electrons. The number of hydrogen-bond acceptors (Lipinski definition) is 3. The normalized spacial score (nSPS) is 20.3. The Morgan fingerprint density at radius 1 is 1.33 bits per heavy atom. The minimum absolute atomic E-state index is 0.210. The third-order valence-corrected chi connectivity index (χ3v) is 3.24. The van der Waals surface area contributed by atoms with Gasteiger partial charge in [0.1, 0.15) is 0 Å². The smallest absolute Gasteiger partial charge is 0.223 e. The van der Waals surface area contributed by atoms with Crippen LogP contribution in [0.25, 0.3) is 0 Å².